The molecule has 0 bridgehead atoms. The maximum absolute atomic E-state index is 10.1. The van der Waals surface area contributed by atoms with E-state index >= 15 is 0 Å². The van der Waals surface area contributed by atoms with E-state index < -0.39 is 29.1 Å². The van der Waals surface area contributed by atoms with Gasteiger partial charge in [-0.2, -0.15) is 0 Å². The quantitative estimate of drug-likeness (QED) is 0.493. The third-order valence-electron chi connectivity index (χ3n) is 2.89. The Kier molecular flexibility index (Phi) is 13.8. The summed E-state index contributed by atoms with van der Waals surface area (Å²) in [6.07, 6.45) is 0. The number of benzene rings is 1. The summed E-state index contributed by atoms with van der Waals surface area (Å²) in [5.74, 6) is 1.08. The topological polar surface area (TPSA) is 58.5 Å². The van der Waals surface area contributed by atoms with E-state index in [2.05, 4.69) is 71.1 Å². The van der Waals surface area contributed by atoms with Crippen LogP contribution in [0.25, 0.3) is 0 Å². The second-order valence-corrected chi connectivity index (χ2v) is 12.5. The van der Waals surface area contributed by atoms with Crippen LogP contribution in [0.5, 0.6) is 0 Å². The molecule has 0 aliphatic heterocycles. The van der Waals surface area contributed by atoms with E-state index in [1.165, 1.54) is 16.8 Å². The predicted octanol–water partition coefficient (Wildman–Crippen LogP) is 5.97. The molecule has 1 aromatic rings. The van der Waals surface area contributed by atoms with E-state index in [0.717, 1.165) is 0 Å². The molecule has 3 nitrogen and oxygen atoms in total. The van der Waals surface area contributed by atoms with Gasteiger partial charge in [0.1, 0.15) is 0 Å². The van der Waals surface area contributed by atoms with Gasteiger partial charge in [0.2, 0.25) is 0 Å². The van der Waals surface area contributed by atoms with Gasteiger partial charge in [0, 0.05) is 0 Å². The Hall–Kier alpha value is -0.502. The molecule has 0 spiro atoms. The predicted molar refractivity (Wildman–Crippen MR) is 122 cm³/mol. The minimum atomic E-state index is -0.750. The minimum absolute atomic E-state index is 0.288. The van der Waals surface area contributed by atoms with Crippen LogP contribution < -0.4 is 10.2 Å². The summed E-state index contributed by atoms with van der Waals surface area (Å²) in [7, 11) is 0. The van der Waals surface area contributed by atoms with Crippen LogP contribution in [0.2, 0.25) is 0 Å². The van der Waals surface area contributed by atoms with Crippen LogP contribution in [0.3, 0.4) is 0 Å². The summed E-state index contributed by atoms with van der Waals surface area (Å²) < 4.78 is 7.42. The van der Waals surface area contributed by atoms with Gasteiger partial charge in [-0.1, -0.05) is 41.5 Å². The molecule has 29 heavy (non-hydrogen) atoms. The average Bonchev–Trinajstić information content (AvgIpc) is 2.41. The van der Waals surface area contributed by atoms with E-state index in [4.69, 9.17) is 3.50 Å². The first-order valence-corrected chi connectivity index (χ1v) is 12.5. The van der Waals surface area contributed by atoms with Crippen molar-refractivity contribution in [2.24, 2.45) is 8.91 Å². The molecule has 0 radical (unpaired) electrons. The Balaban J connectivity index is 0. The summed E-state index contributed by atoms with van der Waals surface area (Å²) >= 11 is -0.415. The van der Waals surface area contributed by atoms with Gasteiger partial charge in [-0.05, 0) is 0 Å². The molecule has 0 atom stereocenters. The molecule has 0 saturated heterocycles. The molecule has 1 rings (SSSR count). The van der Waals surface area contributed by atoms with Crippen molar-refractivity contribution in [3.63, 3.8) is 0 Å². The van der Waals surface area contributed by atoms with Crippen molar-refractivity contribution in [1.29, 1.82) is 0 Å². The summed E-state index contributed by atoms with van der Waals surface area (Å²) in [5.41, 5.74) is 2.86. The molecule has 0 aliphatic rings. The van der Waals surface area contributed by atoms with Gasteiger partial charge in [0.15, 0.2) is 0 Å². The van der Waals surface area contributed by atoms with Crippen molar-refractivity contribution in [1.82, 2.24) is 0 Å². The third-order valence-corrected chi connectivity index (χ3v) is 5.60. The number of hydrogen-bond donors (Lipinski definition) is 0. The van der Waals surface area contributed by atoms with E-state index in [0.29, 0.717) is 11.8 Å². The molecule has 4 heteroatoms. The number of nitrogens with zero attached hydrogens (tertiary/aromatic N) is 1. The Morgan fingerprint density at radius 1 is 0.759 bits per heavy atom. The fraction of sp³-hybridized carbons (Fsp3) is 0.720. The molecule has 0 fully saturated rings. The van der Waals surface area contributed by atoms with Crippen LogP contribution in [0.4, 0.5) is 5.69 Å². The average molecular weight is 488 g/mol. The van der Waals surface area contributed by atoms with Crippen molar-refractivity contribution in [3.8, 4) is 0 Å². The Morgan fingerprint density at radius 3 is 1.31 bits per heavy atom. The fourth-order valence-corrected chi connectivity index (χ4v) is 3.54. The van der Waals surface area contributed by atoms with Gasteiger partial charge in [-0.25, -0.2) is 0 Å². The van der Waals surface area contributed by atoms with Crippen LogP contribution in [-0.2, 0) is 17.9 Å². The molecule has 0 amide bonds. The van der Waals surface area contributed by atoms with E-state index in [1.54, 1.807) is 41.5 Å². The first-order chi connectivity index (χ1) is 12.7. The van der Waals surface area contributed by atoms with Crippen molar-refractivity contribution in [2.45, 2.75) is 113 Å². The Bertz CT molecular complexity index is 601. The van der Waals surface area contributed by atoms with Crippen LogP contribution >= 0.6 is 0 Å². The van der Waals surface area contributed by atoms with Gasteiger partial charge in [0.05, 0.1) is 0 Å². The molecule has 0 saturated carbocycles. The summed E-state index contributed by atoms with van der Waals surface area (Å²) in [6, 6.07) is 6.65. The zero-order valence-electron chi connectivity index (χ0n) is 21.1. The number of hydrogen-bond acceptors (Lipinski definition) is 3. The van der Waals surface area contributed by atoms with Gasteiger partial charge >= 0.3 is 127 Å². The van der Waals surface area contributed by atoms with E-state index in [9.17, 15) is 10.2 Å². The monoisotopic (exact) mass is 489 g/mol. The van der Waals surface area contributed by atoms with Crippen molar-refractivity contribution < 1.29 is 28.1 Å². The van der Waals surface area contributed by atoms with Crippen molar-refractivity contribution in [2.75, 3.05) is 0 Å². The first-order valence-electron chi connectivity index (χ1n) is 10.5. The van der Waals surface area contributed by atoms with Gasteiger partial charge in [0.25, 0.3) is 0 Å². The molecule has 0 heterocycles. The molecule has 0 unspecified atom stereocenters. The molecule has 0 N–H and O–H groups in total. The molecule has 0 aliphatic carbocycles. The molecule has 1 aromatic carbocycles. The summed E-state index contributed by atoms with van der Waals surface area (Å²) in [6.45, 7) is 25.6. The second kappa shape index (κ2) is 13.0. The van der Waals surface area contributed by atoms with Crippen LogP contribution in [0, 0.1) is 5.41 Å². The molecular weight excluding hydrogens is 442 g/mol. The number of rotatable bonds is 3. The molecule has 170 valence electrons. The second-order valence-electron chi connectivity index (χ2n) is 11.0. The standard InChI is InChI=1S/C12H17N.C5H10.2C4H9O.Mo/c1-8(2)10-6-5-7-11(9(3)4)12(10)13;1-5(2,3)4;2*1-4(2,3)5;/h5-9H,1-4H3;1H,2-4H3;2*1-3H3;/q;;2*-1;. The van der Waals surface area contributed by atoms with Crippen LogP contribution in [0.1, 0.15) is 113 Å². The normalized spacial score (nSPS) is 11.9. The first kappa shape index (κ1) is 30.7. The SMILES string of the molecule is CC(C)(C)[O-].CC(C)(C)[O-].CC(C)c1cccc(C(C)C)c1[N]=[Mo]=[CH]C(C)(C)C. The van der Waals surface area contributed by atoms with E-state index in [-0.39, 0.29) is 5.41 Å². The molecule has 0 aromatic heterocycles. The Morgan fingerprint density at radius 2 is 1.07 bits per heavy atom. The van der Waals surface area contributed by atoms with Crippen LogP contribution in [0.15, 0.2) is 21.7 Å². The maximum atomic E-state index is 10.1. The summed E-state index contributed by atoms with van der Waals surface area (Å²) in [5, 5.41) is 20.2. The van der Waals surface area contributed by atoms with Crippen molar-refractivity contribution >= 4 is 10.1 Å². The van der Waals surface area contributed by atoms with Gasteiger partial charge in [-0.15, -0.1) is 11.2 Å². The van der Waals surface area contributed by atoms with Gasteiger partial charge < -0.3 is 10.2 Å². The zero-order valence-corrected chi connectivity index (χ0v) is 23.1. The summed E-state index contributed by atoms with van der Waals surface area (Å²) in [4.78, 5) is 0. The molecular formula is C25H45MoNO2-2. The Labute approximate surface area is 189 Å². The van der Waals surface area contributed by atoms with Gasteiger partial charge in [-0.3, -0.25) is 0 Å². The van der Waals surface area contributed by atoms with Crippen LogP contribution in [-0.4, -0.2) is 15.6 Å². The third kappa shape index (κ3) is 22.0. The van der Waals surface area contributed by atoms with Crippen molar-refractivity contribution in [3.05, 3.63) is 29.3 Å². The zero-order chi connectivity index (χ0) is 23.6. The fourth-order valence-electron chi connectivity index (χ4n) is 1.85. The van der Waals surface area contributed by atoms with E-state index in [1.807, 2.05) is 0 Å².